The molecule has 0 saturated heterocycles. The van der Waals surface area contributed by atoms with Gasteiger partial charge in [-0.2, -0.15) is 0 Å². The van der Waals surface area contributed by atoms with Crippen molar-refractivity contribution in [3.05, 3.63) is 60.9 Å². The first kappa shape index (κ1) is 46.6. The zero-order chi connectivity index (χ0) is 38.1. The lowest BCUT2D eigenvalue weighted by Gasteiger charge is -2.42. The highest BCUT2D eigenvalue weighted by atomic mass is 28.5. The second-order valence-electron chi connectivity index (χ2n) is 13.1. The Balaban J connectivity index is 6.11. The van der Waals surface area contributed by atoms with Gasteiger partial charge in [0.25, 0.3) is 0 Å². The fraction of sp³-hybridized carbons (Fsp3) is 0.606. The van der Waals surface area contributed by atoms with Crippen molar-refractivity contribution in [2.24, 2.45) is 0 Å². The molecule has 0 aliphatic carbocycles. The molecule has 4 unspecified atom stereocenters. The van der Waals surface area contributed by atoms with Crippen LogP contribution in [0.4, 0.5) is 0 Å². The molecule has 4 atom stereocenters. The molecule has 0 aliphatic heterocycles. The molecule has 0 fully saturated rings. The molecule has 16 heteroatoms. The Morgan fingerprint density at radius 2 is 0.755 bits per heavy atom. The monoisotopic (exact) mass is 760 g/mol. The van der Waals surface area contributed by atoms with Gasteiger partial charge < -0.3 is 40.9 Å². The van der Waals surface area contributed by atoms with E-state index in [1.807, 2.05) is 13.1 Å². The summed E-state index contributed by atoms with van der Waals surface area (Å²) in [6, 6.07) is 1.30. The molecule has 0 amide bonds. The van der Waals surface area contributed by atoms with Crippen LogP contribution in [0, 0.1) is 0 Å². The summed E-state index contributed by atoms with van der Waals surface area (Å²) < 4.78 is 41.4. The minimum absolute atomic E-state index is 0.0902. The first-order chi connectivity index (χ1) is 22.4. The molecule has 0 aliphatic rings. The predicted molar refractivity (Wildman–Crippen MR) is 199 cm³/mol. The summed E-state index contributed by atoms with van der Waals surface area (Å²) in [7, 11) is -13.4. The number of hydrogen-bond donors (Lipinski definition) is 2. The summed E-state index contributed by atoms with van der Waals surface area (Å²) in [6.45, 7) is 32.5. The SMILES string of the molecule is C=C(C)C(=C)OCCC[Si](C)(O[Si](C)(O)CCCOC(=O)C(=C)C)O[Si](C)(CCCOC(=O)C(=C)C)O[Si](C)(O)CCCOC(=O)C(=C)C. The van der Waals surface area contributed by atoms with Crippen molar-refractivity contribution < 1.29 is 55.3 Å². The minimum atomic E-state index is -3.39. The van der Waals surface area contributed by atoms with Gasteiger partial charge in [0, 0.05) is 16.7 Å². The molecular weight excluding hydrogens is 701 g/mol. The van der Waals surface area contributed by atoms with Gasteiger partial charge in [-0.3, -0.25) is 0 Å². The fourth-order valence-electron chi connectivity index (χ4n) is 4.50. The van der Waals surface area contributed by atoms with Gasteiger partial charge >= 0.3 is 52.2 Å². The Bertz CT molecular complexity index is 1110. The third-order valence-corrected chi connectivity index (χ3v) is 22.4. The summed E-state index contributed by atoms with van der Waals surface area (Å²) >= 11 is 0. The van der Waals surface area contributed by atoms with Crippen molar-refractivity contribution in [2.45, 2.75) is 104 Å². The van der Waals surface area contributed by atoms with Crippen LogP contribution in [0.3, 0.4) is 0 Å². The highest BCUT2D eigenvalue weighted by Crippen LogP contribution is 2.32. The van der Waals surface area contributed by atoms with Crippen molar-refractivity contribution in [3.8, 4) is 0 Å². The number of esters is 3. The first-order valence-corrected chi connectivity index (χ1v) is 26.6. The van der Waals surface area contributed by atoms with Gasteiger partial charge in [0.15, 0.2) is 0 Å². The second-order valence-corrected chi connectivity index (χ2v) is 26.8. The van der Waals surface area contributed by atoms with Crippen molar-refractivity contribution >= 4 is 52.2 Å². The molecule has 49 heavy (non-hydrogen) atoms. The van der Waals surface area contributed by atoms with Crippen LogP contribution < -0.4 is 0 Å². The van der Waals surface area contributed by atoms with E-state index < -0.39 is 52.2 Å². The molecule has 0 spiro atoms. The lowest BCUT2D eigenvalue weighted by atomic mass is 10.3. The third-order valence-electron chi connectivity index (χ3n) is 6.92. The lowest BCUT2D eigenvalue weighted by molar-refractivity contribution is -0.139. The maximum absolute atomic E-state index is 12.0. The van der Waals surface area contributed by atoms with E-state index in [9.17, 15) is 24.0 Å². The smallest absolute Gasteiger partial charge is 0.333 e. The van der Waals surface area contributed by atoms with Crippen LogP contribution >= 0.6 is 0 Å². The van der Waals surface area contributed by atoms with Crippen LogP contribution in [0.25, 0.3) is 0 Å². The topological polar surface area (TPSA) is 156 Å². The molecule has 12 nitrogen and oxygen atoms in total. The van der Waals surface area contributed by atoms with Gasteiger partial charge in [0.05, 0.1) is 26.4 Å². The molecule has 2 N–H and O–H groups in total. The standard InChI is InChI=1S/C33H60O12Si4/c1-26(2)30(9)39-18-16-24-48(12,43-46(10,37)22-14-19-40-31(34)27(3)4)45-49(13,25-17-21-42-33(36)29(7)8)44-47(11,38)23-15-20-41-32(35)28(5)6/h37-38H,1,3,5,7,9,14-25H2,2,4,6,8,10-13H3. The molecule has 0 saturated carbocycles. The van der Waals surface area contributed by atoms with E-state index in [2.05, 4.69) is 32.9 Å². The van der Waals surface area contributed by atoms with Gasteiger partial charge in [-0.1, -0.05) is 32.9 Å². The third kappa shape index (κ3) is 21.4. The number of hydrogen-bond acceptors (Lipinski definition) is 12. The first-order valence-electron chi connectivity index (χ1n) is 16.4. The van der Waals surface area contributed by atoms with Crippen LogP contribution in [0.15, 0.2) is 60.9 Å². The zero-order valence-corrected chi connectivity index (χ0v) is 35.0. The molecular formula is C33H60O12Si4. The van der Waals surface area contributed by atoms with Crippen molar-refractivity contribution in [2.75, 3.05) is 26.4 Å². The van der Waals surface area contributed by atoms with Crippen molar-refractivity contribution in [1.82, 2.24) is 0 Å². The maximum atomic E-state index is 12.0. The molecule has 0 aromatic heterocycles. The van der Waals surface area contributed by atoms with Gasteiger partial charge in [-0.25, -0.2) is 14.4 Å². The van der Waals surface area contributed by atoms with E-state index in [0.717, 1.165) is 0 Å². The van der Waals surface area contributed by atoms with E-state index in [0.29, 0.717) is 55.7 Å². The Labute approximate surface area is 297 Å². The summed E-state index contributed by atoms with van der Waals surface area (Å²) in [4.78, 5) is 58.6. The Kier molecular flexibility index (Phi) is 20.6. The van der Waals surface area contributed by atoms with E-state index in [-0.39, 0.29) is 48.6 Å². The van der Waals surface area contributed by atoms with Crippen LogP contribution in [0.5, 0.6) is 0 Å². The van der Waals surface area contributed by atoms with E-state index >= 15 is 0 Å². The summed E-state index contributed by atoms with van der Waals surface area (Å²) in [6.07, 6.45) is 1.64. The highest BCUT2D eigenvalue weighted by molar-refractivity contribution is 6.88. The lowest BCUT2D eigenvalue weighted by Crippen LogP contribution is -2.60. The average Bonchev–Trinajstić information content (AvgIpc) is 2.96. The second kappa shape index (κ2) is 21.7. The molecule has 0 aromatic rings. The Morgan fingerprint density at radius 3 is 1.04 bits per heavy atom. The van der Waals surface area contributed by atoms with Crippen LogP contribution in [-0.2, 0) is 45.7 Å². The minimum Gasteiger partial charge on any atom is -0.494 e. The van der Waals surface area contributed by atoms with Crippen molar-refractivity contribution in [3.63, 3.8) is 0 Å². The molecule has 0 rings (SSSR count). The number of carbonyl (C=O) groups excluding carboxylic acids is 3. The molecule has 0 bridgehead atoms. The fourth-order valence-corrected chi connectivity index (χ4v) is 22.3. The zero-order valence-electron chi connectivity index (χ0n) is 31.0. The average molecular weight is 761 g/mol. The number of carbonyl (C=O) groups is 3. The molecule has 0 aromatic carbocycles. The van der Waals surface area contributed by atoms with Gasteiger partial charge in [0.1, 0.15) is 5.76 Å². The van der Waals surface area contributed by atoms with E-state index in [1.165, 1.54) is 0 Å². The predicted octanol–water partition coefficient (Wildman–Crippen LogP) is 6.33. The largest absolute Gasteiger partial charge is 0.494 e. The number of ether oxygens (including phenoxy) is 4. The Hall–Kier alpha value is -2.42. The summed E-state index contributed by atoms with van der Waals surface area (Å²) in [5.74, 6) is -1.04. The van der Waals surface area contributed by atoms with Gasteiger partial charge in [-0.05, 0) is 109 Å². The maximum Gasteiger partial charge on any atom is 0.333 e. The number of allylic oxidation sites excluding steroid dienone is 1. The normalized spacial score (nSPS) is 16.0. The highest BCUT2D eigenvalue weighted by Gasteiger charge is 2.49. The molecule has 280 valence electrons. The van der Waals surface area contributed by atoms with Crippen LogP contribution in [0.1, 0.15) is 53.4 Å². The Morgan fingerprint density at radius 1 is 0.469 bits per heavy atom. The quantitative estimate of drug-likeness (QED) is 0.0183. The van der Waals surface area contributed by atoms with Gasteiger partial charge in [0.2, 0.25) is 0 Å². The van der Waals surface area contributed by atoms with Crippen LogP contribution in [-0.4, -0.2) is 88.2 Å². The number of rotatable bonds is 27. The summed E-state index contributed by atoms with van der Waals surface area (Å²) in [5.41, 5.74) is 1.56. The van der Waals surface area contributed by atoms with E-state index in [4.69, 9.17) is 31.3 Å². The van der Waals surface area contributed by atoms with Crippen molar-refractivity contribution in [1.29, 1.82) is 0 Å². The van der Waals surface area contributed by atoms with Gasteiger partial charge in [-0.15, -0.1) is 0 Å². The molecule has 0 radical (unpaired) electrons. The van der Waals surface area contributed by atoms with Crippen LogP contribution in [0.2, 0.25) is 50.4 Å². The molecule has 0 heterocycles. The van der Waals surface area contributed by atoms with E-state index in [1.54, 1.807) is 40.8 Å². The summed E-state index contributed by atoms with van der Waals surface area (Å²) in [5, 5.41) is 0.